The number of ether oxygens (including phenoxy) is 1. The van der Waals surface area contributed by atoms with Gasteiger partial charge in [0.05, 0.1) is 11.2 Å². The minimum Gasteiger partial charge on any atom is -0.359 e. The number of nitrogens with two attached hydrogens (primary N) is 1. The largest absolute Gasteiger partial charge is 0.359 e. The van der Waals surface area contributed by atoms with Crippen molar-refractivity contribution in [1.29, 1.82) is 0 Å². The standard InChI is InChI=1S/C28H30N2O/c1-26-10-8-22-15-21-4-5-23(29)16-27(21)11-12-28(22,31-27)25(26)7-6-24(26)19-3-2-18-9-13-30-17-20(18)14-19/h2-5,8-9,13-15,17,23-25H,6-7,10-12,16,29H2,1H3/t23-,24+,25-,26-,27-,28-/m1/s1. The molecule has 0 amide bonds. The first-order chi connectivity index (χ1) is 15.0. The predicted molar refractivity (Wildman–Crippen MR) is 124 cm³/mol. The van der Waals surface area contributed by atoms with E-state index in [-0.39, 0.29) is 22.7 Å². The van der Waals surface area contributed by atoms with Gasteiger partial charge in [-0.3, -0.25) is 4.98 Å². The second-order valence-electron chi connectivity index (χ2n) is 10.8. The zero-order valence-corrected chi connectivity index (χ0v) is 18.2. The molecule has 2 spiro atoms. The molecule has 3 aliphatic carbocycles. The van der Waals surface area contributed by atoms with Gasteiger partial charge in [0.2, 0.25) is 0 Å². The van der Waals surface area contributed by atoms with Gasteiger partial charge in [-0.25, -0.2) is 0 Å². The summed E-state index contributed by atoms with van der Waals surface area (Å²) in [6.45, 7) is 2.53. The summed E-state index contributed by atoms with van der Waals surface area (Å²) < 4.78 is 7.21. The van der Waals surface area contributed by atoms with Gasteiger partial charge in [-0.1, -0.05) is 43.4 Å². The van der Waals surface area contributed by atoms with E-state index >= 15 is 0 Å². The Bertz CT molecular complexity index is 1190. The normalized spacial score (nSPS) is 42.6. The Morgan fingerprint density at radius 3 is 2.97 bits per heavy atom. The van der Waals surface area contributed by atoms with Crippen molar-refractivity contribution in [3.05, 3.63) is 77.7 Å². The van der Waals surface area contributed by atoms with Crippen LogP contribution in [-0.2, 0) is 4.74 Å². The number of hydrogen-bond donors (Lipinski definition) is 1. The molecule has 2 aliphatic heterocycles. The van der Waals surface area contributed by atoms with Gasteiger partial charge in [0.25, 0.3) is 0 Å². The minimum atomic E-state index is -0.156. The molecule has 31 heavy (non-hydrogen) atoms. The molecule has 3 nitrogen and oxygen atoms in total. The Morgan fingerprint density at radius 2 is 2.03 bits per heavy atom. The Hall–Kier alpha value is -2.23. The van der Waals surface area contributed by atoms with Gasteiger partial charge in [0.1, 0.15) is 0 Å². The Morgan fingerprint density at radius 1 is 1.10 bits per heavy atom. The van der Waals surface area contributed by atoms with Crippen molar-refractivity contribution in [1.82, 2.24) is 4.98 Å². The van der Waals surface area contributed by atoms with Crippen molar-refractivity contribution < 1.29 is 4.74 Å². The first-order valence-corrected chi connectivity index (χ1v) is 11.9. The smallest absolute Gasteiger partial charge is 0.0975 e. The predicted octanol–water partition coefficient (Wildman–Crippen LogP) is 5.58. The lowest BCUT2D eigenvalue weighted by Crippen LogP contribution is -2.54. The van der Waals surface area contributed by atoms with Crippen LogP contribution in [0.15, 0.2) is 72.1 Å². The highest BCUT2D eigenvalue weighted by molar-refractivity contribution is 5.82. The van der Waals surface area contributed by atoms with Gasteiger partial charge in [-0.15, -0.1) is 0 Å². The quantitative estimate of drug-likeness (QED) is 0.668. The van der Waals surface area contributed by atoms with E-state index in [4.69, 9.17) is 10.5 Å². The molecule has 1 saturated carbocycles. The van der Waals surface area contributed by atoms with Crippen LogP contribution in [0, 0.1) is 11.3 Å². The fourth-order valence-electron chi connectivity index (χ4n) is 7.97. The lowest BCUT2D eigenvalue weighted by molar-refractivity contribution is -0.129. The highest BCUT2D eigenvalue weighted by atomic mass is 16.5. The van der Waals surface area contributed by atoms with Gasteiger partial charge < -0.3 is 10.5 Å². The zero-order chi connectivity index (χ0) is 20.8. The minimum absolute atomic E-state index is 0.107. The molecule has 0 unspecified atom stereocenters. The third-order valence-corrected chi connectivity index (χ3v) is 9.42. The number of nitrogens with zero attached hydrogens (tertiary/aromatic N) is 1. The summed E-state index contributed by atoms with van der Waals surface area (Å²) in [5, 5.41) is 2.53. The first-order valence-electron chi connectivity index (χ1n) is 11.9. The molecular formula is C28H30N2O. The van der Waals surface area contributed by atoms with E-state index in [9.17, 15) is 0 Å². The van der Waals surface area contributed by atoms with Gasteiger partial charge in [0.15, 0.2) is 0 Å². The molecular weight excluding hydrogens is 380 g/mol. The lowest BCUT2D eigenvalue weighted by atomic mass is 9.58. The summed E-state index contributed by atoms with van der Waals surface area (Å²) in [6.07, 6.45) is 20.0. The summed E-state index contributed by atoms with van der Waals surface area (Å²) >= 11 is 0. The van der Waals surface area contributed by atoms with Crippen LogP contribution in [0.5, 0.6) is 0 Å². The van der Waals surface area contributed by atoms with E-state index in [2.05, 4.69) is 60.5 Å². The van der Waals surface area contributed by atoms with E-state index < -0.39 is 0 Å². The van der Waals surface area contributed by atoms with Crippen molar-refractivity contribution in [3.8, 4) is 0 Å². The summed E-state index contributed by atoms with van der Waals surface area (Å²) in [7, 11) is 0. The molecule has 3 heterocycles. The van der Waals surface area contributed by atoms with Crippen molar-refractivity contribution in [2.75, 3.05) is 0 Å². The molecule has 2 bridgehead atoms. The van der Waals surface area contributed by atoms with Crippen molar-refractivity contribution >= 4 is 10.8 Å². The van der Waals surface area contributed by atoms with Crippen LogP contribution < -0.4 is 5.73 Å². The first kappa shape index (κ1) is 18.4. The third kappa shape index (κ3) is 2.29. The Kier molecular flexibility index (Phi) is 3.53. The topological polar surface area (TPSA) is 48.1 Å². The van der Waals surface area contributed by atoms with Crippen LogP contribution in [0.3, 0.4) is 0 Å². The SMILES string of the molecule is C[C@]12CC=C3C=C4C=C[C@@H](N)C[C@]45CC[C@]3(O5)[C@@H]1CC[C@H]2c1ccc2ccncc2c1. The number of hydrogen-bond acceptors (Lipinski definition) is 3. The molecule has 7 rings (SSSR count). The third-order valence-electron chi connectivity index (χ3n) is 9.42. The van der Waals surface area contributed by atoms with Crippen molar-refractivity contribution in [2.45, 2.75) is 68.6 Å². The summed E-state index contributed by atoms with van der Waals surface area (Å²) in [6, 6.07) is 9.23. The van der Waals surface area contributed by atoms with E-state index in [1.807, 2.05) is 12.4 Å². The van der Waals surface area contributed by atoms with Crippen LogP contribution >= 0.6 is 0 Å². The van der Waals surface area contributed by atoms with Crippen LogP contribution in [0.1, 0.15) is 56.9 Å². The van der Waals surface area contributed by atoms with E-state index in [0.717, 1.165) is 25.7 Å². The molecule has 6 atom stereocenters. The maximum atomic E-state index is 7.21. The fourth-order valence-corrected chi connectivity index (χ4v) is 7.97. The van der Waals surface area contributed by atoms with Crippen molar-refractivity contribution in [3.63, 3.8) is 0 Å². The number of rotatable bonds is 1. The van der Waals surface area contributed by atoms with E-state index in [1.165, 1.54) is 40.3 Å². The number of fused-ring (bicyclic) bond motifs is 2. The monoisotopic (exact) mass is 410 g/mol. The highest BCUT2D eigenvalue weighted by Gasteiger charge is 2.66. The van der Waals surface area contributed by atoms with Crippen LogP contribution in [0.4, 0.5) is 0 Å². The maximum Gasteiger partial charge on any atom is 0.0975 e. The average molecular weight is 411 g/mol. The number of pyridine rings is 1. The van der Waals surface area contributed by atoms with Gasteiger partial charge >= 0.3 is 0 Å². The number of aromatic nitrogens is 1. The average Bonchev–Trinajstić information content (AvgIpc) is 3.28. The van der Waals surface area contributed by atoms with E-state index in [1.54, 1.807) is 0 Å². The molecule has 158 valence electrons. The number of benzene rings is 1. The maximum absolute atomic E-state index is 7.21. The lowest BCUT2D eigenvalue weighted by Gasteiger charge is -2.53. The zero-order valence-electron chi connectivity index (χ0n) is 18.2. The molecule has 1 aromatic heterocycles. The molecule has 2 N–H and O–H groups in total. The molecule has 2 fully saturated rings. The van der Waals surface area contributed by atoms with Gasteiger partial charge in [-0.05, 0) is 90.0 Å². The van der Waals surface area contributed by atoms with Gasteiger partial charge in [0, 0.05) is 23.8 Å². The summed E-state index contributed by atoms with van der Waals surface area (Å²) in [4.78, 5) is 4.36. The second-order valence-corrected chi connectivity index (χ2v) is 10.8. The summed E-state index contributed by atoms with van der Waals surface area (Å²) in [5.41, 5.74) is 10.6. The summed E-state index contributed by atoms with van der Waals surface area (Å²) in [5.74, 6) is 1.13. The number of allylic oxidation sites excluding steroid dienone is 1. The van der Waals surface area contributed by atoms with E-state index in [0.29, 0.717) is 11.8 Å². The van der Waals surface area contributed by atoms with Crippen LogP contribution in [0.2, 0.25) is 0 Å². The second kappa shape index (κ2) is 5.96. The molecule has 2 aromatic rings. The van der Waals surface area contributed by atoms with Crippen LogP contribution in [-0.4, -0.2) is 22.2 Å². The highest BCUT2D eigenvalue weighted by Crippen LogP contribution is 2.68. The van der Waals surface area contributed by atoms with Crippen molar-refractivity contribution in [2.24, 2.45) is 17.1 Å². The molecule has 0 radical (unpaired) electrons. The molecule has 5 aliphatic rings. The van der Waals surface area contributed by atoms with Crippen LogP contribution in [0.25, 0.3) is 10.8 Å². The Labute approximate surface area is 184 Å². The molecule has 1 saturated heterocycles. The Balaban J connectivity index is 1.32. The molecule has 1 aromatic carbocycles. The molecule has 3 heteroatoms. The van der Waals surface area contributed by atoms with Gasteiger partial charge in [-0.2, -0.15) is 0 Å². The fraction of sp³-hybridized carbons (Fsp3) is 0.464.